The predicted molar refractivity (Wildman–Crippen MR) is 77.1 cm³/mol. The molecule has 2 rings (SSSR count). The van der Waals surface area contributed by atoms with Crippen molar-refractivity contribution in [2.24, 2.45) is 5.73 Å². The summed E-state index contributed by atoms with van der Waals surface area (Å²) >= 11 is 2.21. The molecular formula is C13H13IN2O. The van der Waals surface area contributed by atoms with Gasteiger partial charge in [0.25, 0.3) is 0 Å². The molecule has 1 heterocycles. The molecule has 3 nitrogen and oxygen atoms in total. The van der Waals surface area contributed by atoms with Crippen LogP contribution in [0.25, 0.3) is 11.1 Å². The molecule has 88 valence electrons. The number of Topliss-reactive ketones (excluding diaryl/α,β-unsaturated/α-hetero) is 1. The molecule has 0 saturated heterocycles. The quantitative estimate of drug-likeness (QED) is 0.667. The van der Waals surface area contributed by atoms with Gasteiger partial charge in [0.05, 0.1) is 10.2 Å². The number of aromatic nitrogens is 1. The number of benzene rings is 1. The second kappa shape index (κ2) is 5.01. The van der Waals surface area contributed by atoms with Crippen LogP contribution in [-0.4, -0.2) is 17.3 Å². The number of carbonyl (C=O) groups excluding carboxylic acids is 1. The monoisotopic (exact) mass is 340 g/mol. The Morgan fingerprint density at radius 3 is 2.59 bits per heavy atom. The highest BCUT2D eigenvalue weighted by Gasteiger charge is 2.19. The van der Waals surface area contributed by atoms with Crippen molar-refractivity contribution in [3.8, 4) is 11.1 Å². The first kappa shape index (κ1) is 12.3. The largest absolute Gasteiger partial charge is 0.353 e. The highest BCUT2D eigenvalue weighted by Crippen LogP contribution is 2.31. The number of hydrogen-bond acceptors (Lipinski definition) is 2. The minimum Gasteiger partial charge on any atom is -0.353 e. The molecule has 4 heteroatoms. The Morgan fingerprint density at radius 2 is 2.00 bits per heavy atom. The van der Waals surface area contributed by atoms with E-state index in [1.165, 1.54) is 0 Å². The van der Waals surface area contributed by atoms with E-state index < -0.39 is 0 Å². The Morgan fingerprint density at radius 1 is 1.35 bits per heavy atom. The smallest absolute Gasteiger partial charge is 0.178 e. The van der Waals surface area contributed by atoms with Crippen LogP contribution >= 0.6 is 22.6 Å². The minimum atomic E-state index is -0.0273. The zero-order valence-corrected chi connectivity index (χ0v) is 11.6. The summed E-state index contributed by atoms with van der Waals surface area (Å²) in [5.74, 6) is -0.0273. The summed E-state index contributed by atoms with van der Waals surface area (Å²) in [6.45, 7) is 1.94. The van der Waals surface area contributed by atoms with E-state index in [1.807, 2.05) is 37.3 Å². The van der Waals surface area contributed by atoms with Gasteiger partial charge in [-0.2, -0.15) is 0 Å². The van der Waals surface area contributed by atoms with Crippen LogP contribution in [0.15, 0.2) is 30.3 Å². The number of halogens is 1. The number of aromatic amines is 1. The minimum absolute atomic E-state index is 0.0273. The predicted octanol–water partition coefficient (Wildman–Crippen LogP) is 2.74. The standard InChI is InChI=1S/C13H13IN2O/c1-8-11(10(17)7-15)12(13(14)16-8)9-5-3-2-4-6-9/h2-6,16H,7,15H2,1H3. The van der Waals surface area contributed by atoms with E-state index in [2.05, 4.69) is 27.6 Å². The van der Waals surface area contributed by atoms with Gasteiger partial charge in [0.15, 0.2) is 5.78 Å². The van der Waals surface area contributed by atoms with Crippen LogP contribution in [0.4, 0.5) is 0 Å². The number of carbonyl (C=O) groups is 1. The number of hydrogen-bond donors (Lipinski definition) is 2. The molecule has 0 unspecified atom stereocenters. The maximum absolute atomic E-state index is 11.9. The molecule has 17 heavy (non-hydrogen) atoms. The molecule has 0 spiro atoms. The fourth-order valence-corrected chi connectivity index (χ4v) is 2.90. The maximum atomic E-state index is 11.9. The molecule has 0 aliphatic carbocycles. The molecule has 0 aliphatic rings. The summed E-state index contributed by atoms with van der Waals surface area (Å²) in [6.07, 6.45) is 0. The molecule has 1 aromatic heterocycles. The molecule has 0 fully saturated rings. The lowest BCUT2D eigenvalue weighted by atomic mass is 10.00. The van der Waals surface area contributed by atoms with Crippen molar-refractivity contribution in [1.29, 1.82) is 0 Å². The first-order valence-corrected chi connectivity index (χ1v) is 6.39. The first-order valence-electron chi connectivity index (χ1n) is 5.32. The summed E-state index contributed by atoms with van der Waals surface area (Å²) in [5, 5.41) is 0. The van der Waals surface area contributed by atoms with Crippen LogP contribution in [-0.2, 0) is 0 Å². The number of H-pyrrole nitrogens is 1. The zero-order chi connectivity index (χ0) is 12.4. The van der Waals surface area contributed by atoms with Crippen LogP contribution in [0.1, 0.15) is 16.1 Å². The van der Waals surface area contributed by atoms with Gasteiger partial charge in [-0.3, -0.25) is 4.79 Å². The van der Waals surface area contributed by atoms with Gasteiger partial charge in [-0.15, -0.1) is 0 Å². The third kappa shape index (κ3) is 2.28. The summed E-state index contributed by atoms with van der Waals surface area (Å²) in [4.78, 5) is 15.1. The van der Waals surface area contributed by atoms with Gasteiger partial charge in [-0.25, -0.2) is 0 Å². The highest BCUT2D eigenvalue weighted by atomic mass is 127. The highest BCUT2D eigenvalue weighted by molar-refractivity contribution is 14.1. The lowest BCUT2D eigenvalue weighted by molar-refractivity contribution is 0.100. The number of aryl methyl sites for hydroxylation is 1. The normalized spacial score (nSPS) is 10.5. The van der Waals surface area contributed by atoms with Crippen molar-refractivity contribution in [1.82, 2.24) is 4.98 Å². The van der Waals surface area contributed by atoms with Gasteiger partial charge in [0, 0.05) is 16.8 Å². The van der Waals surface area contributed by atoms with E-state index in [9.17, 15) is 4.79 Å². The maximum Gasteiger partial charge on any atom is 0.178 e. The average Bonchev–Trinajstić information content (AvgIpc) is 2.64. The second-order valence-electron chi connectivity index (χ2n) is 3.81. The number of rotatable bonds is 3. The molecule has 0 radical (unpaired) electrons. The average molecular weight is 340 g/mol. The lowest BCUT2D eigenvalue weighted by Gasteiger charge is -2.04. The van der Waals surface area contributed by atoms with Crippen molar-refractivity contribution < 1.29 is 4.79 Å². The molecule has 0 bridgehead atoms. The van der Waals surface area contributed by atoms with Gasteiger partial charge in [-0.05, 0) is 35.1 Å². The summed E-state index contributed by atoms with van der Waals surface area (Å²) in [7, 11) is 0. The van der Waals surface area contributed by atoms with E-state index in [-0.39, 0.29) is 12.3 Å². The lowest BCUT2D eigenvalue weighted by Crippen LogP contribution is -2.14. The van der Waals surface area contributed by atoms with Crippen LogP contribution in [0.2, 0.25) is 0 Å². The Hall–Kier alpha value is -1.14. The molecule has 2 aromatic rings. The van der Waals surface area contributed by atoms with Gasteiger partial charge in [0.1, 0.15) is 0 Å². The van der Waals surface area contributed by atoms with Crippen LogP contribution in [0.3, 0.4) is 0 Å². The SMILES string of the molecule is Cc1[nH]c(I)c(-c2ccccc2)c1C(=O)CN. The Kier molecular flexibility index (Phi) is 3.63. The molecule has 3 N–H and O–H groups in total. The summed E-state index contributed by atoms with van der Waals surface area (Å²) in [6, 6.07) is 9.88. The van der Waals surface area contributed by atoms with Gasteiger partial charge in [0.2, 0.25) is 0 Å². The number of ketones is 1. The van der Waals surface area contributed by atoms with Gasteiger partial charge in [-0.1, -0.05) is 30.3 Å². The summed E-state index contributed by atoms with van der Waals surface area (Å²) < 4.78 is 0.975. The second-order valence-corrected chi connectivity index (χ2v) is 4.89. The topological polar surface area (TPSA) is 58.9 Å². The first-order chi connectivity index (χ1) is 8.15. The zero-order valence-electron chi connectivity index (χ0n) is 9.46. The van der Waals surface area contributed by atoms with E-state index >= 15 is 0 Å². The third-order valence-corrected chi connectivity index (χ3v) is 3.48. The fourth-order valence-electron chi connectivity index (χ4n) is 1.91. The van der Waals surface area contributed by atoms with Crippen molar-refractivity contribution >= 4 is 28.4 Å². The Labute approximate surface area is 114 Å². The number of nitrogens with two attached hydrogens (primary N) is 1. The third-order valence-electron chi connectivity index (χ3n) is 2.67. The van der Waals surface area contributed by atoms with Gasteiger partial charge < -0.3 is 10.7 Å². The van der Waals surface area contributed by atoms with Crippen molar-refractivity contribution in [3.63, 3.8) is 0 Å². The molecule has 0 amide bonds. The van der Waals surface area contributed by atoms with Crippen molar-refractivity contribution in [2.75, 3.05) is 6.54 Å². The Balaban J connectivity index is 2.65. The Bertz CT molecular complexity index is 546. The molecule has 0 atom stereocenters. The van der Waals surface area contributed by atoms with E-state index in [4.69, 9.17) is 5.73 Å². The van der Waals surface area contributed by atoms with Crippen molar-refractivity contribution in [2.45, 2.75) is 6.92 Å². The fraction of sp³-hybridized carbons (Fsp3) is 0.154. The van der Waals surface area contributed by atoms with Crippen LogP contribution in [0.5, 0.6) is 0 Å². The summed E-state index contributed by atoms with van der Waals surface area (Å²) in [5.41, 5.74) is 9.05. The molecule has 1 aromatic carbocycles. The molecule has 0 saturated carbocycles. The van der Waals surface area contributed by atoms with Crippen LogP contribution < -0.4 is 5.73 Å². The van der Waals surface area contributed by atoms with E-state index in [0.29, 0.717) is 5.56 Å². The number of nitrogens with one attached hydrogen (secondary N) is 1. The van der Waals surface area contributed by atoms with Gasteiger partial charge >= 0.3 is 0 Å². The molecular weight excluding hydrogens is 327 g/mol. The van der Waals surface area contributed by atoms with E-state index in [1.54, 1.807) is 0 Å². The van der Waals surface area contributed by atoms with Crippen molar-refractivity contribution in [3.05, 3.63) is 45.3 Å². The van der Waals surface area contributed by atoms with Crippen LogP contribution in [0, 0.1) is 10.6 Å². The molecule has 0 aliphatic heterocycles. The van der Waals surface area contributed by atoms with E-state index in [0.717, 1.165) is 20.5 Å².